The van der Waals surface area contributed by atoms with Crippen LogP contribution in [0, 0.1) is 0 Å². The van der Waals surface area contributed by atoms with Gasteiger partial charge in [0.15, 0.2) is 8.32 Å². The van der Waals surface area contributed by atoms with Crippen molar-refractivity contribution >= 4 is 37.0 Å². The average Bonchev–Trinajstić information content (AvgIpc) is 3.16. The van der Waals surface area contributed by atoms with Crippen LogP contribution in [0.5, 0.6) is 0 Å². The molecule has 0 aliphatic carbocycles. The molecule has 0 radical (unpaired) electrons. The van der Waals surface area contributed by atoms with Gasteiger partial charge in [0.05, 0.1) is 16.9 Å². The molecule has 4 nitrogen and oxygen atoms in total. The van der Waals surface area contributed by atoms with Gasteiger partial charge >= 0.3 is 6.18 Å². The molecule has 3 aromatic carbocycles. The van der Waals surface area contributed by atoms with Crippen molar-refractivity contribution in [1.82, 2.24) is 0 Å². The van der Waals surface area contributed by atoms with Gasteiger partial charge in [-0.3, -0.25) is 9.69 Å². The third kappa shape index (κ3) is 7.20. The van der Waals surface area contributed by atoms with Gasteiger partial charge in [-0.1, -0.05) is 77.1 Å². The lowest BCUT2D eigenvalue weighted by Crippen LogP contribution is -2.39. The van der Waals surface area contributed by atoms with Crippen LogP contribution < -0.4 is 4.90 Å². The van der Waals surface area contributed by atoms with E-state index in [4.69, 9.17) is 4.43 Å². The van der Waals surface area contributed by atoms with Crippen LogP contribution in [0.1, 0.15) is 45.7 Å². The average molecular weight is 543 g/mol. The predicted octanol–water partition coefficient (Wildman–Crippen LogP) is 9.17. The van der Waals surface area contributed by atoms with Crippen LogP contribution in [0.2, 0.25) is 18.1 Å². The summed E-state index contributed by atoms with van der Waals surface area (Å²) in [5, 5.41) is 0.363. The van der Waals surface area contributed by atoms with Gasteiger partial charge < -0.3 is 4.43 Å². The highest BCUT2D eigenvalue weighted by atomic mass is 28.4. The second-order valence-electron chi connectivity index (χ2n) is 9.97. The summed E-state index contributed by atoms with van der Waals surface area (Å²) in [6, 6.07) is 20.8. The molecule has 8 heteroatoms. The first-order valence-electron chi connectivity index (χ1n) is 12.6. The molecule has 1 heterocycles. The van der Waals surface area contributed by atoms with Gasteiger partial charge in [0, 0.05) is 18.4 Å². The fourth-order valence-electron chi connectivity index (χ4n) is 3.33. The van der Waals surface area contributed by atoms with Crippen molar-refractivity contribution in [2.45, 2.75) is 58.9 Å². The highest BCUT2D eigenvalue weighted by Crippen LogP contribution is 2.38. The third-order valence-electron chi connectivity index (χ3n) is 6.55. The van der Waals surface area contributed by atoms with Crippen LogP contribution in [0.25, 0.3) is 0 Å². The molecule has 0 saturated heterocycles. The van der Waals surface area contributed by atoms with Gasteiger partial charge in [0.25, 0.3) is 5.91 Å². The van der Waals surface area contributed by atoms with Gasteiger partial charge in [0.2, 0.25) is 0 Å². The van der Waals surface area contributed by atoms with Crippen LogP contribution >= 0.6 is 0 Å². The molecule has 204 valence electrons. The monoisotopic (exact) mass is 542 g/mol. The maximum Gasteiger partial charge on any atom is 0.416 e. The molecule has 0 spiro atoms. The van der Waals surface area contributed by atoms with Gasteiger partial charge in [-0.05, 0) is 54.5 Å². The fraction of sp³-hybridized carbons (Fsp3) is 0.333. The van der Waals surface area contributed by atoms with E-state index in [0.717, 1.165) is 12.1 Å². The number of anilines is 2. The number of alkyl halides is 3. The Bertz CT molecular complexity index is 1250. The summed E-state index contributed by atoms with van der Waals surface area (Å²) < 4.78 is 44.3. The zero-order valence-electron chi connectivity index (χ0n) is 23.4. The number of nitrogens with zero attached hydrogens (tertiary/aromatic N) is 2. The van der Waals surface area contributed by atoms with E-state index in [0.29, 0.717) is 22.0 Å². The number of hydrogen-bond donors (Lipinski definition) is 0. The lowest BCUT2D eigenvalue weighted by atomic mass is 10.1. The molecule has 1 aliphatic rings. The first-order chi connectivity index (χ1) is 17.8. The molecule has 0 bridgehead atoms. The van der Waals surface area contributed by atoms with Crippen molar-refractivity contribution in [3.05, 3.63) is 90.0 Å². The Morgan fingerprint density at radius 3 is 1.95 bits per heavy atom. The minimum absolute atomic E-state index is 0.0814. The normalized spacial score (nSPS) is 14.3. The van der Waals surface area contributed by atoms with Crippen LogP contribution in [-0.2, 0) is 15.4 Å². The first kappa shape index (κ1) is 31.0. The van der Waals surface area contributed by atoms with Crippen molar-refractivity contribution in [2.75, 3.05) is 12.0 Å². The summed E-state index contributed by atoms with van der Waals surface area (Å²) in [4.78, 5) is 18.8. The SMILES string of the molecule is CC.CO[Si](C)(C)C(C)(C)C.O=C1C(=Nc2cccc(C(F)(F)F)c2)c2ccccc2N1c1ccccc1. The summed E-state index contributed by atoms with van der Waals surface area (Å²) in [5.41, 5.74) is 1.31. The first-order valence-corrected chi connectivity index (χ1v) is 15.5. The molecule has 0 atom stereocenters. The topological polar surface area (TPSA) is 41.9 Å². The number of carbonyl (C=O) groups is 1. The maximum atomic E-state index is 13.0. The summed E-state index contributed by atoms with van der Waals surface area (Å²) in [7, 11) is 0.438. The molecule has 3 aromatic rings. The summed E-state index contributed by atoms with van der Waals surface area (Å²) >= 11 is 0. The minimum atomic E-state index is -4.47. The Morgan fingerprint density at radius 1 is 0.842 bits per heavy atom. The zero-order chi connectivity index (χ0) is 28.7. The van der Waals surface area contributed by atoms with Crippen molar-refractivity contribution in [3.63, 3.8) is 0 Å². The number of aliphatic imine (C=N–C) groups is 1. The molecule has 0 fully saturated rings. The maximum absolute atomic E-state index is 13.0. The zero-order valence-corrected chi connectivity index (χ0v) is 24.4. The fourth-order valence-corrected chi connectivity index (χ4v) is 3.94. The number of para-hydroxylation sites is 2. The molecular weight excluding hydrogens is 505 g/mol. The Balaban J connectivity index is 0.000000394. The second-order valence-corrected chi connectivity index (χ2v) is 14.9. The number of fused-ring (bicyclic) bond motifs is 1. The van der Waals surface area contributed by atoms with Crippen LogP contribution in [0.3, 0.4) is 0 Å². The van der Waals surface area contributed by atoms with Crippen molar-refractivity contribution in [3.8, 4) is 0 Å². The Morgan fingerprint density at radius 2 is 1.42 bits per heavy atom. The second kappa shape index (κ2) is 12.5. The van der Waals surface area contributed by atoms with E-state index in [9.17, 15) is 18.0 Å². The van der Waals surface area contributed by atoms with Crippen molar-refractivity contribution in [2.24, 2.45) is 4.99 Å². The molecule has 0 unspecified atom stereocenters. The van der Waals surface area contributed by atoms with Gasteiger partial charge in [-0.15, -0.1) is 0 Å². The smallest absolute Gasteiger partial charge is 0.416 e. The van der Waals surface area contributed by atoms with E-state index in [-0.39, 0.29) is 17.3 Å². The lowest BCUT2D eigenvalue weighted by Gasteiger charge is -2.34. The molecule has 4 rings (SSSR count). The molecule has 0 N–H and O–H groups in total. The predicted molar refractivity (Wildman–Crippen MR) is 153 cm³/mol. The minimum Gasteiger partial charge on any atom is -0.420 e. The molecule has 1 amide bonds. The number of benzene rings is 3. The summed E-state index contributed by atoms with van der Waals surface area (Å²) in [6.45, 7) is 15.2. The Kier molecular flexibility index (Phi) is 10.2. The molecule has 38 heavy (non-hydrogen) atoms. The van der Waals surface area contributed by atoms with E-state index < -0.39 is 20.1 Å². The van der Waals surface area contributed by atoms with E-state index in [1.54, 1.807) is 36.4 Å². The number of rotatable bonds is 3. The third-order valence-corrected chi connectivity index (χ3v) is 11.2. The van der Waals surface area contributed by atoms with Gasteiger partial charge in [-0.2, -0.15) is 13.2 Å². The number of carbonyl (C=O) groups excluding carboxylic acids is 1. The molecule has 0 saturated carbocycles. The lowest BCUT2D eigenvalue weighted by molar-refractivity contribution is -0.137. The number of halogens is 3. The van der Waals surface area contributed by atoms with E-state index in [1.807, 2.05) is 39.2 Å². The van der Waals surface area contributed by atoms with E-state index in [1.165, 1.54) is 17.0 Å². The largest absolute Gasteiger partial charge is 0.420 e. The van der Waals surface area contributed by atoms with Crippen molar-refractivity contribution < 1.29 is 22.4 Å². The molecule has 0 aromatic heterocycles. The van der Waals surface area contributed by atoms with E-state index in [2.05, 4.69) is 38.9 Å². The highest BCUT2D eigenvalue weighted by Gasteiger charge is 2.36. The molecule has 1 aliphatic heterocycles. The molecular formula is C30H37F3N2O2Si. The Labute approximate surface area is 225 Å². The van der Waals surface area contributed by atoms with E-state index >= 15 is 0 Å². The van der Waals surface area contributed by atoms with Crippen LogP contribution in [0.15, 0.2) is 83.9 Å². The summed E-state index contributed by atoms with van der Waals surface area (Å²) in [6.07, 6.45) is -4.47. The summed E-state index contributed by atoms with van der Waals surface area (Å²) in [5.74, 6) is -0.375. The quantitative estimate of drug-likeness (QED) is 0.310. The highest BCUT2D eigenvalue weighted by molar-refractivity contribution is 6.74. The van der Waals surface area contributed by atoms with Crippen LogP contribution in [0.4, 0.5) is 30.2 Å². The van der Waals surface area contributed by atoms with Crippen molar-refractivity contribution in [1.29, 1.82) is 0 Å². The number of hydrogen-bond acceptors (Lipinski definition) is 3. The number of amides is 1. The Hall–Kier alpha value is -3.23. The van der Waals surface area contributed by atoms with Crippen LogP contribution in [-0.4, -0.2) is 27.0 Å². The van der Waals surface area contributed by atoms with Gasteiger partial charge in [0.1, 0.15) is 5.71 Å². The standard InChI is InChI=1S/C21H13F3N2O.C7H18OSi.C2H6/c22-21(23,24)14-7-6-8-15(13-14)25-19-17-11-4-5-12-18(17)26(20(19)27)16-9-2-1-3-10-16;1-7(2,3)9(5,6)8-4;1-2/h1-13H;1-6H3;1-2H3. The van der Waals surface area contributed by atoms with Gasteiger partial charge in [-0.25, -0.2) is 4.99 Å².